The van der Waals surface area contributed by atoms with Gasteiger partial charge in [-0.2, -0.15) is 0 Å². The summed E-state index contributed by atoms with van der Waals surface area (Å²) in [7, 11) is -1.08. The Hall–Kier alpha value is -0.420. The van der Waals surface area contributed by atoms with Crippen molar-refractivity contribution in [2.75, 3.05) is 18.1 Å². The van der Waals surface area contributed by atoms with E-state index in [1.807, 2.05) is 6.92 Å². The molecular formula is C12H24N2O2S. The molecule has 17 heavy (non-hydrogen) atoms. The van der Waals surface area contributed by atoms with E-state index in [1.54, 1.807) is 0 Å². The van der Waals surface area contributed by atoms with Crippen LogP contribution in [0.25, 0.3) is 0 Å². The lowest BCUT2D eigenvalue weighted by Gasteiger charge is -2.22. The van der Waals surface area contributed by atoms with Crippen molar-refractivity contribution in [1.29, 1.82) is 0 Å². The number of rotatable bonds is 6. The topological polar surface area (TPSA) is 72.2 Å². The lowest BCUT2D eigenvalue weighted by Crippen LogP contribution is -2.39. The maximum atomic E-state index is 11.7. The fourth-order valence-corrected chi connectivity index (χ4v) is 3.37. The molecule has 5 heteroatoms. The van der Waals surface area contributed by atoms with Crippen LogP contribution in [0.2, 0.25) is 0 Å². The third kappa shape index (κ3) is 6.17. The van der Waals surface area contributed by atoms with Crippen molar-refractivity contribution in [3.63, 3.8) is 0 Å². The average molecular weight is 260 g/mol. The zero-order valence-electron chi connectivity index (χ0n) is 10.6. The molecule has 1 amide bonds. The molecule has 0 aliphatic heterocycles. The summed E-state index contributed by atoms with van der Waals surface area (Å²) in [5.41, 5.74) is 5.47. The molecule has 2 atom stereocenters. The van der Waals surface area contributed by atoms with Gasteiger partial charge in [0, 0.05) is 22.6 Å². The van der Waals surface area contributed by atoms with Gasteiger partial charge in [-0.25, -0.2) is 0 Å². The summed E-state index contributed by atoms with van der Waals surface area (Å²) >= 11 is 0. The molecule has 0 aromatic carbocycles. The highest BCUT2D eigenvalue weighted by molar-refractivity contribution is 7.85. The summed E-state index contributed by atoms with van der Waals surface area (Å²) in [6.07, 6.45) is 5.79. The van der Waals surface area contributed by atoms with E-state index >= 15 is 0 Å². The van der Waals surface area contributed by atoms with E-state index in [2.05, 4.69) is 5.32 Å². The number of carbonyl (C=O) groups excluding carboxylic acids is 1. The summed E-state index contributed by atoms with van der Waals surface area (Å²) < 4.78 is 11.7. The highest BCUT2D eigenvalue weighted by Gasteiger charge is 2.17. The van der Waals surface area contributed by atoms with Crippen LogP contribution in [-0.4, -0.2) is 34.2 Å². The van der Waals surface area contributed by atoms with Gasteiger partial charge in [-0.1, -0.05) is 26.2 Å². The summed E-state index contributed by atoms with van der Waals surface area (Å²) in [5, 5.41) is 2.98. The Labute approximate surface area is 106 Å². The van der Waals surface area contributed by atoms with Crippen molar-refractivity contribution < 1.29 is 9.00 Å². The molecule has 0 aromatic rings. The van der Waals surface area contributed by atoms with Crippen LogP contribution in [-0.2, 0) is 15.6 Å². The zero-order valence-corrected chi connectivity index (χ0v) is 11.4. The third-order valence-electron chi connectivity index (χ3n) is 3.14. The van der Waals surface area contributed by atoms with Crippen LogP contribution in [0, 0.1) is 5.92 Å². The predicted molar refractivity (Wildman–Crippen MR) is 71.1 cm³/mol. The Bertz CT molecular complexity index is 265. The first-order chi connectivity index (χ1) is 8.11. The van der Waals surface area contributed by atoms with Crippen molar-refractivity contribution >= 4 is 16.7 Å². The maximum absolute atomic E-state index is 11.7. The molecule has 0 bridgehead atoms. The van der Waals surface area contributed by atoms with Gasteiger partial charge in [0.15, 0.2) is 0 Å². The highest BCUT2D eigenvalue weighted by Crippen LogP contribution is 2.17. The Morgan fingerprint density at radius 2 is 2.06 bits per heavy atom. The van der Waals surface area contributed by atoms with Gasteiger partial charge in [-0.3, -0.25) is 9.00 Å². The molecule has 3 N–H and O–H groups in total. The zero-order chi connectivity index (χ0) is 12.7. The molecule has 0 heterocycles. The second-order valence-corrected chi connectivity index (χ2v) is 6.50. The first kappa shape index (κ1) is 14.6. The lowest BCUT2D eigenvalue weighted by molar-refractivity contribution is -0.119. The minimum Gasteiger partial charge on any atom is -0.353 e. The van der Waals surface area contributed by atoms with E-state index in [0.29, 0.717) is 18.3 Å². The van der Waals surface area contributed by atoms with Gasteiger partial charge in [0.1, 0.15) is 5.75 Å². The fraction of sp³-hybridized carbons (Fsp3) is 0.917. The van der Waals surface area contributed by atoms with Gasteiger partial charge in [0.2, 0.25) is 5.91 Å². The SMILES string of the molecule is CC(CN)CS(=O)CC(=O)NC1CCCCC1. The molecule has 1 aliphatic rings. The van der Waals surface area contributed by atoms with Crippen LogP contribution in [0.1, 0.15) is 39.0 Å². The second-order valence-electron chi connectivity index (χ2n) is 4.99. The van der Waals surface area contributed by atoms with Gasteiger partial charge >= 0.3 is 0 Å². The monoisotopic (exact) mass is 260 g/mol. The van der Waals surface area contributed by atoms with E-state index in [9.17, 15) is 9.00 Å². The van der Waals surface area contributed by atoms with E-state index in [-0.39, 0.29) is 17.6 Å². The van der Waals surface area contributed by atoms with Gasteiger partial charge in [-0.05, 0) is 25.3 Å². The Morgan fingerprint density at radius 1 is 1.41 bits per heavy atom. The Balaban J connectivity index is 2.21. The molecule has 4 nitrogen and oxygen atoms in total. The average Bonchev–Trinajstić information content (AvgIpc) is 2.29. The maximum Gasteiger partial charge on any atom is 0.232 e. The fourth-order valence-electron chi connectivity index (χ4n) is 2.11. The van der Waals surface area contributed by atoms with Crippen LogP contribution < -0.4 is 11.1 Å². The number of nitrogens with two attached hydrogens (primary N) is 1. The molecular weight excluding hydrogens is 236 g/mol. The number of hydrogen-bond acceptors (Lipinski definition) is 3. The Morgan fingerprint density at radius 3 is 2.65 bits per heavy atom. The molecule has 1 saturated carbocycles. The van der Waals surface area contributed by atoms with Crippen LogP contribution >= 0.6 is 0 Å². The molecule has 1 rings (SSSR count). The summed E-state index contributed by atoms with van der Waals surface area (Å²) in [5.74, 6) is 0.799. The van der Waals surface area contributed by atoms with Crippen LogP contribution in [0.15, 0.2) is 0 Å². The standard InChI is InChI=1S/C12H24N2O2S/c1-10(7-13)8-17(16)9-12(15)14-11-5-3-2-4-6-11/h10-11H,2-9,13H2,1H3,(H,14,15). The van der Waals surface area contributed by atoms with E-state index in [0.717, 1.165) is 12.8 Å². The number of carbonyl (C=O) groups is 1. The first-order valence-electron chi connectivity index (χ1n) is 6.46. The van der Waals surface area contributed by atoms with Crippen molar-refractivity contribution in [1.82, 2.24) is 5.32 Å². The normalized spacial score (nSPS) is 20.8. The number of hydrogen-bond donors (Lipinski definition) is 2. The van der Waals surface area contributed by atoms with E-state index in [4.69, 9.17) is 5.73 Å². The minimum atomic E-state index is -1.08. The van der Waals surface area contributed by atoms with Crippen LogP contribution in [0.4, 0.5) is 0 Å². The number of nitrogens with one attached hydrogen (secondary N) is 1. The second kappa shape index (κ2) is 7.82. The Kier molecular flexibility index (Phi) is 6.73. The van der Waals surface area contributed by atoms with Gasteiger partial charge < -0.3 is 11.1 Å². The molecule has 0 saturated heterocycles. The molecule has 1 fully saturated rings. The van der Waals surface area contributed by atoms with Crippen molar-refractivity contribution in [3.05, 3.63) is 0 Å². The molecule has 1 aliphatic carbocycles. The molecule has 0 spiro atoms. The largest absolute Gasteiger partial charge is 0.353 e. The van der Waals surface area contributed by atoms with E-state index < -0.39 is 10.8 Å². The first-order valence-corrected chi connectivity index (χ1v) is 7.95. The van der Waals surface area contributed by atoms with Crippen molar-refractivity contribution in [2.24, 2.45) is 11.7 Å². The molecule has 100 valence electrons. The van der Waals surface area contributed by atoms with Gasteiger partial charge in [0.25, 0.3) is 0 Å². The summed E-state index contributed by atoms with van der Waals surface area (Å²) in [4.78, 5) is 11.7. The smallest absolute Gasteiger partial charge is 0.232 e. The predicted octanol–water partition coefficient (Wildman–Crippen LogP) is 0.779. The highest BCUT2D eigenvalue weighted by atomic mass is 32.2. The van der Waals surface area contributed by atoms with Crippen molar-refractivity contribution in [2.45, 2.75) is 45.1 Å². The summed E-state index contributed by atoms with van der Waals surface area (Å²) in [6.45, 7) is 2.48. The third-order valence-corrected chi connectivity index (χ3v) is 4.66. The van der Waals surface area contributed by atoms with Crippen LogP contribution in [0.3, 0.4) is 0 Å². The molecule has 0 aromatic heterocycles. The van der Waals surface area contributed by atoms with Crippen LogP contribution in [0.5, 0.6) is 0 Å². The number of amides is 1. The lowest BCUT2D eigenvalue weighted by atomic mass is 9.95. The molecule has 0 radical (unpaired) electrons. The van der Waals surface area contributed by atoms with Crippen molar-refractivity contribution in [3.8, 4) is 0 Å². The van der Waals surface area contributed by atoms with E-state index in [1.165, 1.54) is 19.3 Å². The van der Waals surface area contributed by atoms with Gasteiger partial charge in [0.05, 0.1) is 0 Å². The molecule has 2 unspecified atom stereocenters. The van der Waals surface area contributed by atoms with Gasteiger partial charge in [-0.15, -0.1) is 0 Å². The quantitative estimate of drug-likeness (QED) is 0.741. The minimum absolute atomic E-state index is 0.0699. The summed E-state index contributed by atoms with van der Waals surface area (Å²) in [6, 6.07) is 0.306.